The molecule has 0 aliphatic heterocycles. The average molecular weight is 301 g/mol. The summed E-state index contributed by atoms with van der Waals surface area (Å²) in [6.45, 7) is 4.06. The van der Waals surface area contributed by atoms with Crippen molar-refractivity contribution in [2.75, 3.05) is 34.3 Å². The van der Waals surface area contributed by atoms with Gasteiger partial charge in [-0.15, -0.1) is 0 Å². The molecule has 0 bridgehead atoms. The quantitative estimate of drug-likeness (QED) is 0.874. The highest BCUT2D eigenvalue weighted by Gasteiger charge is 2.14. The Bertz CT molecular complexity index is 355. The van der Waals surface area contributed by atoms with Crippen LogP contribution in [0.4, 0.5) is 0 Å². The lowest BCUT2D eigenvalue weighted by Gasteiger charge is -2.25. The summed E-state index contributed by atoms with van der Waals surface area (Å²) in [6, 6.07) is 6.62. The van der Waals surface area contributed by atoms with Crippen LogP contribution in [-0.2, 0) is 0 Å². The van der Waals surface area contributed by atoms with Gasteiger partial charge in [0.25, 0.3) is 0 Å². The van der Waals surface area contributed by atoms with Gasteiger partial charge in [-0.2, -0.15) is 0 Å². The van der Waals surface area contributed by atoms with E-state index in [-0.39, 0.29) is 0 Å². The number of hydrogen-bond donors (Lipinski definition) is 1. The third kappa shape index (κ3) is 3.98. The Morgan fingerprint density at radius 3 is 2.59 bits per heavy atom. The van der Waals surface area contributed by atoms with Gasteiger partial charge in [-0.3, -0.25) is 0 Å². The zero-order valence-corrected chi connectivity index (χ0v) is 12.5. The summed E-state index contributed by atoms with van der Waals surface area (Å²) in [5, 5.41) is 3.39. The molecule has 1 atom stereocenters. The molecule has 1 aromatic carbocycles. The standard InChI is InChI=1S/C13H21BrN2O/c1-5-15-9-12(16(2)3)10-6-7-13(17-4)11(14)8-10/h6-8,12,15H,5,9H2,1-4H3. The molecule has 1 unspecified atom stereocenters. The number of nitrogens with one attached hydrogen (secondary N) is 1. The molecule has 0 aliphatic rings. The summed E-state index contributed by atoms with van der Waals surface area (Å²) in [6.07, 6.45) is 0. The Kier molecular flexibility index (Phi) is 5.95. The van der Waals surface area contributed by atoms with Gasteiger partial charge in [-0.05, 0) is 54.3 Å². The molecule has 0 amide bonds. The maximum atomic E-state index is 5.25. The molecule has 1 N–H and O–H groups in total. The predicted molar refractivity (Wildman–Crippen MR) is 75.7 cm³/mol. The lowest BCUT2D eigenvalue weighted by Crippen LogP contribution is -2.30. The second kappa shape index (κ2) is 6.99. The van der Waals surface area contributed by atoms with Crippen LogP contribution in [0.2, 0.25) is 0 Å². The number of ether oxygens (including phenoxy) is 1. The summed E-state index contributed by atoms with van der Waals surface area (Å²) in [4.78, 5) is 2.22. The van der Waals surface area contributed by atoms with Crippen molar-refractivity contribution in [3.63, 3.8) is 0 Å². The van der Waals surface area contributed by atoms with Crippen LogP contribution in [0.3, 0.4) is 0 Å². The molecule has 0 radical (unpaired) electrons. The fourth-order valence-electron chi connectivity index (χ4n) is 1.77. The Morgan fingerprint density at radius 1 is 1.41 bits per heavy atom. The number of likely N-dealkylation sites (N-methyl/N-ethyl adjacent to an activating group) is 2. The molecule has 0 saturated carbocycles. The third-order valence-electron chi connectivity index (χ3n) is 2.77. The van der Waals surface area contributed by atoms with Crippen LogP contribution in [0, 0.1) is 0 Å². The van der Waals surface area contributed by atoms with Crippen molar-refractivity contribution in [3.8, 4) is 5.75 Å². The van der Waals surface area contributed by atoms with Crippen LogP contribution in [0.25, 0.3) is 0 Å². The number of benzene rings is 1. The second-order valence-corrected chi connectivity index (χ2v) is 5.04. The van der Waals surface area contributed by atoms with E-state index in [1.807, 2.05) is 6.07 Å². The number of hydrogen-bond acceptors (Lipinski definition) is 3. The Labute approximate surface area is 112 Å². The van der Waals surface area contributed by atoms with Gasteiger partial charge >= 0.3 is 0 Å². The van der Waals surface area contributed by atoms with Crippen LogP contribution in [0.5, 0.6) is 5.75 Å². The van der Waals surface area contributed by atoms with Crippen molar-refractivity contribution in [2.45, 2.75) is 13.0 Å². The van der Waals surface area contributed by atoms with E-state index in [1.165, 1.54) is 5.56 Å². The topological polar surface area (TPSA) is 24.5 Å². The van der Waals surface area contributed by atoms with E-state index in [9.17, 15) is 0 Å². The summed E-state index contributed by atoms with van der Waals surface area (Å²) in [7, 11) is 5.88. The van der Waals surface area contributed by atoms with Crippen LogP contribution in [0.1, 0.15) is 18.5 Å². The van der Waals surface area contributed by atoms with Crippen molar-refractivity contribution in [1.82, 2.24) is 10.2 Å². The molecule has 0 fully saturated rings. The minimum atomic E-state index is 0.372. The van der Waals surface area contributed by atoms with E-state index in [0.717, 1.165) is 23.3 Å². The zero-order valence-electron chi connectivity index (χ0n) is 11.0. The molecule has 0 aromatic heterocycles. The minimum absolute atomic E-state index is 0.372. The second-order valence-electron chi connectivity index (χ2n) is 4.18. The zero-order chi connectivity index (χ0) is 12.8. The normalized spacial score (nSPS) is 12.8. The summed E-state index contributed by atoms with van der Waals surface area (Å²) < 4.78 is 6.25. The largest absolute Gasteiger partial charge is 0.496 e. The smallest absolute Gasteiger partial charge is 0.133 e. The van der Waals surface area contributed by atoms with E-state index in [0.29, 0.717) is 6.04 Å². The highest BCUT2D eigenvalue weighted by molar-refractivity contribution is 9.10. The molecular formula is C13H21BrN2O. The summed E-state index contributed by atoms with van der Waals surface area (Å²) >= 11 is 3.53. The van der Waals surface area contributed by atoms with Crippen molar-refractivity contribution in [3.05, 3.63) is 28.2 Å². The van der Waals surface area contributed by atoms with Gasteiger partial charge in [0.15, 0.2) is 0 Å². The average Bonchev–Trinajstić information content (AvgIpc) is 2.29. The molecule has 1 rings (SSSR count). The third-order valence-corrected chi connectivity index (χ3v) is 3.39. The molecule has 0 heterocycles. The molecule has 3 nitrogen and oxygen atoms in total. The molecule has 17 heavy (non-hydrogen) atoms. The van der Waals surface area contributed by atoms with Gasteiger partial charge < -0.3 is 15.0 Å². The summed E-state index contributed by atoms with van der Waals surface area (Å²) in [5.74, 6) is 0.870. The molecule has 1 aromatic rings. The molecular weight excluding hydrogens is 280 g/mol. The van der Waals surface area contributed by atoms with Gasteiger partial charge in [0.1, 0.15) is 5.75 Å². The molecule has 0 aliphatic carbocycles. The van der Waals surface area contributed by atoms with E-state index >= 15 is 0 Å². The number of halogens is 1. The highest BCUT2D eigenvalue weighted by atomic mass is 79.9. The maximum Gasteiger partial charge on any atom is 0.133 e. The fourth-order valence-corrected chi connectivity index (χ4v) is 2.33. The highest BCUT2D eigenvalue weighted by Crippen LogP contribution is 2.29. The van der Waals surface area contributed by atoms with E-state index in [2.05, 4.69) is 59.3 Å². The number of rotatable bonds is 6. The molecule has 4 heteroatoms. The van der Waals surface area contributed by atoms with Gasteiger partial charge in [-0.25, -0.2) is 0 Å². The first-order valence-electron chi connectivity index (χ1n) is 5.80. The van der Waals surface area contributed by atoms with Crippen LogP contribution in [0.15, 0.2) is 22.7 Å². The maximum absolute atomic E-state index is 5.25. The molecule has 0 spiro atoms. The summed E-state index contributed by atoms with van der Waals surface area (Å²) in [5.41, 5.74) is 1.28. The first-order chi connectivity index (χ1) is 8.10. The number of methoxy groups -OCH3 is 1. The van der Waals surface area contributed by atoms with Gasteiger partial charge in [0, 0.05) is 12.6 Å². The fraction of sp³-hybridized carbons (Fsp3) is 0.538. The first kappa shape index (κ1) is 14.5. The van der Waals surface area contributed by atoms with Gasteiger partial charge in [0.2, 0.25) is 0 Å². The van der Waals surface area contributed by atoms with E-state index < -0.39 is 0 Å². The molecule has 96 valence electrons. The Morgan fingerprint density at radius 2 is 2.12 bits per heavy atom. The lowest BCUT2D eigenvalue weighted by atomic mass is 10.1. The van der Waals surface area contributed by atoms with E-state index in [1.54, 1.807) is 7.11 Å². The van der Waals surface area contributed by atoms with Gasteiger partial charge in [0.05, 0.1) is 11.6 Å². The number of nitrogens with zero attached hydrogens (tertiary/aromatic N) is 1. The minimum Gasteiger partial charge on any atom is -0.496 e. The van der Waals surface area contributed by atoms with Crippen molar-refractivity contribution >= 4 is 15.9 Å². The monoisotopic (exact) mass is 300 g/mol. The van der Waals surface area contributed by atoms with Crippen LogP contribution >= 0.6 is 15.9 Å². The predicted octanol–water partition coefficient (Wildman–Crippen LogP) is 2.67. The van der Waals surface area contributed by atoms with E-state index in [4.69, 9.17) is 4.74 Å². The van der Waals surface area contributed by atoms with Crippen molar-refractivity contribution in [1.29, 1.82) is 0 Å². The lowest BCUT2D eigenvalue weighted by molar-refractivity contribution is 0.290. The Balaban J connectivity index is 2.90. The molecule has 0 saturated heterocycles. The van der Waals surface area contributed by atoms with Gasteiger partial charge in [-0.1, -0.05) is 13.0 Å². The van der Waals surface area contributed by atoms with Crippen molar-refractivity contribution in [2.24, 2.45) is 0 Å². The first-order valence-corrected chi connectivity index (χ1v) is 6.60. The van der Waals surface area contributed by atoms with Crippen LogP contribution in [-0.4, -0.2) is 39.2 Å². The van der Waals surface area contributed by atoms with Crippen LogP contribution < -0.4 is 10.1 Å². The SMILES string of the molecule is CCNCC(c1ccc(OC)c(Br)c1)N(C)C. The van der Waals surface area contributed by atoms with Crippen molar-refractivity contribution < 1.29 is 4.74 Å². The Hall–Kier alpha value is -0.580.